The molecule has 0 bridgehead atoms. The second-order valence-electron chi connectivity index (χ2n) is 4.03. The Balaban J connectivity index is 2.04. The van der Waals surface area contributed by atoms with Crippen molar-refractivity contribution in [1.82, 2.24) is 0 Å². The summed E-state index contributed by atoms with van der Waals surface area (Å²) in [5.41, 5.74) is 7.01. The molecule has 100 valence electrons. The van der Waals surface area contributed by atoms with Crippen molar-refractivity contribution >= 4 is 33.2 Å². The molecule has 2 aromatic rings. The fourth-order valence-corrected chi connectivity index (χ4v) is 2.46. The van der Waals surface area contributed by atoms with Crippen LogP contribution in [0.5, 0.6) is 5.75 Å². The first-order valence-electron chi connectivity index (χ1n) is 5.68. The average Bonchev–Trinajstić information content (AvgIpc) is 2.38. The molecule has 5 heteroatoms. The second kappa shape index (κ2) is 6.28. The summed E-state index contributed by atoms with van der Waals surface area (Å²) >= 11 is 9.20. The van der Waals surface area contributed by atoms with E-state index < -0.39 is 6.10 Å². The first kappa shape index (κ1) is 14.2. The van der Waals surface area contributed by atoms with Crippen LogP contribution in [0.4, 0.5) is 5.69 Å². The summed E-state index contributed by atoms with van der Waals surface area (Å²) in [5, 5.41) is 10.7. The number of hydrogen-bond donors (Lipinski definition) is 2. The van der Waals surface area contributed by atoms with Gasteiger partial charge in [-0.25, -0.2) is 0 Å². The fourth-order valence-electron chi connectivity index (χ4n) is 1.67. The number of halogens is 2. The lowest BCUT2D eigenvalue weighted by Crippen LogP contribution is -2.11. The van der Waals surface area contributed by atoms with Gasteiger partial charge in [0.1, 0.15) is 18.5 Å². The zero-order valence-corrected chi connectivity index (χ0v) is 12.4. The molecule has 0 fully saturated rings. The Morgan fingerprint density at radius 2 is 2.00 bits per heavy atom. The van der Waals surface area contributed by atoms with Gasteiger partial charge < -0.3 is 15.6 Å². The lowest BCUT2D eigenvalue weighted by Gasteiger charge is -2.15. The van der Waals surface area contributed by atoms with Crippen LogP contribution >= 0.6 is 27.5 Å². The molecule has 0 aliphatic carbocycles. The van der Waals surface area contributed by atoms with E-state index in [2.05, 4.69) is 15.9 Å². The van der Waals surface area contributed by atoms with Gasteiger partial charge in [0, 0.05) is 16.3 Å². The fraction of sp³-hybridized carbons (Fsp3) is 0.143. The van der Waals surface area contributed by atoms with Crippen molar-refractivity contribution < 1.29 is 9.84 Å². The predicted molar refractivity (Wildman–Crippen MR) is 80.5 cm³/mol. The Morgan fingerprint density at radius 1 is 1.26 bits per heavy atom. The van der Waals surface area contributed by atoms with E-state index >= 15 is 0 Å². The molecule has 0 spiro atoms. The summed E-state index contributed by atoms with van der Waals surface area (Å²) in [6.07, 6.45) is -0.774. The van der Waals surface area contributed by atoms with Crippen LogP contribution < -0.4 is 10.5 Å². The zero-order chi connectivity index (χ0) is 13.8. The van der Waals surface area contributed by atoms with Crippen molar-refractivity contribution in [2.45, 2.75) is 6.10 Å². The lowest BCUT2D eigenvalue weighted by molar-refractivity contribution is 0.108. The van der Waals surface area contributed by atoms with Gasteiger partial charge in [-0.15, -0.1) is 0 Å². The van der Waals surface area contributed by atoms with Gasteiger partial charge in [-0.3, -0.25) is 0 Å². The minimum absolute atomic E-state index is 0.119. The molecule has 0 saturated carbocycles. The number of rotatable bonds is 4. The van der Waals surface area contributed by atoms with E-state index in [1.807, 2.05) is 12.1 Å². The maximum atomic E-state index is 10.1. The molecular formula is C14H13BrClNO2. The van der Waals surface area contributed by atoms with Crippen molar-refractivity contribution in [2.75, 3.05) is 12.3 Å². The van der Waals surface area contributed by atoms with E-state index in [9.17, 15) is 5.11 Å². The largest absolute Gasteiger partial charge is 0.489 e. The van der Waals surface area contributed by atoms with Crippen LogP contribution in [0.15, 0.2) is 46.9 Å². The topological polar surface area (TPSA) is 55.5 Å². The lowest BCUT2D eigenvalue weighted by atomic mass is 10.1. The number of nitrogen functional groups attached to an aromatic ring is 1. The molecule has 0 radical (unpaired) electrons. The van der Waals surface area contributed by atoms with Crippen molar-refractivity contribution in [3.63, 3.8) is 0 Å². The number of aliphatic hydroxyl groups is 1. The number of benzene rings is 2. The van der Waals surface area contributed by atoms with E-state index in [-0.39, 0.29) is 6.61 Å². The molecular weight excluding hydrogens is 330 g/mol. The van der Waals surface area contributed by atoms with Gasteiger partial charge in [0.2, 0.25) is 0 Å². The van der Waals surface area contributed by atoms with Crippen molar-refractivity contribution in [3.8, 4) is 5.75 Å². The number of hydrogen-bond acceptors (Lipinski definition) is 3. The van der Waals surface area contributed by atoms with Gasteiger partial charge in [0.15, 0.2) is 0 Å². The summed E-state index contributed by atoms with van der Waals surface area (Å²) in [7, 11) is 0. The number of ether oxygens (including phenoxy) is 1. The highest BCUT2D eigenvalue weighted by Gasteiger charge is 2.12. The highest BCUT2D eigenvalue weighted by Crippen LogP contribution is 2.29. The van der Waals surface area contributed by atoms with E-state index in [0.717, 1.165) is 4.47 Å². The van der Waals surface area contributed by atoms with Gasteiger partial charge in [-0.1, -0.05) is 29.8 Å². The molecule has 3 N–H and O–H groups in total. The number of aliphatic hydroxyl groups excluding tert-OH is 1. The van der Waals surface area contributed by atoms with E-state index in [0.29, 0.717) is 22.0 Å². The zero-order valence-electron chi connectivity index (χ0n) is 10.0. The number of para-hydroxylation sites is 1. The molecule has 2 aromatic carbocycles. The quantitative estimate of drug-likeness (QED) is 0.831. The van der Waals surface area contributed by atoms with E-state index in [1.165, 1.54) is 0 Å². The van der Waals surface area contributed by atoms with E-state index in [4.69, 9.17) is 22.1 Å². The third-order valence-corrected chi connectivity index (χ3v) is 3.50. The second-order valence-corrected chi connectivity index (χ2v) is 5.32. The summed E-state index contributed by atoms with van der Waals surface area (Å²) < 4.78 is 6.30. The summed E-state index contributed by atoms with van der Waals surface area (Å²) in [4.78, 5) is 0. The maximum Gasteiger partial charge on any atom is 0.133 e. The number of anilines is 1. The predicted octanol–water partition coefficient (Wildman–Crippen LogP) is 3.80. The van der Waals surface area contributed by atoms with Gasteiger partial charge in [0.05, 0.1) is 4.47 Å². The highest BCUT2D eigenvalue weighted by molar-refractivity contribution is 9.10. The molecule has 0 saturated heterocycles. The summed E-state index contributed by atoms with van der Waals surface area (Å²) in [5.74, 6) is 0.623. The van der Waals surface area contributed by atoms with Crippen LogP contribution in [0.25, 0.3) is 0 Å². The third-order valence-electron chi connectivity index (χ3n) is 2.65. The summed E-state index contributed by atoms with van der Waals surface area (Å²) in [6, 6.07) is 12.4. The number of nitrogens with two attached hydrogens (primary N) is 1. The molecule has 0 heterocycles. The van der Waals surface area contributed by atoms with Gasteiger partial charge in [-0.05, 0) is 40.2 Å². The van der Waals surface area contributed by atoms with Gasteiger partial charge in [-0.2, -0.15) is 0 Å². The van der Waals surface area contributed by atoms with Crippen LogP contribution in [0.2, 0.25) is 5.02 Å². The molecule has 0 amide bonds. The Morgan fingerprint density at radius 3 is 2.68 bits per heavy atom. The Labute approximate surface area is 125 Å². The van der Waals surface area contributed by atoms with Gasteiger partial charge >= 0.3 is 0 Å². The standard InChI is InChI=1S/C14H13BrClNO2/c15-11-7-9(16)5-6-14(11)19-8-13(18)10-3-1-2-4-12(10)17/h1-7,13,18H,8,17H2. The molecule has 2 rings (SSSR count). The normalized spacial score (nSPS) is 12.2. The monoisotopic (exact) mass is 341 g/mol. The van der Waals surface area contributed by atoms with Crippen LogP contribution in [0.3, 0.4) is 0 Å². The molecule has 0 aliphatic heterocycles. The molecule has 19 heavy (non-hydrogen) atoms. The van der Waals surface area contributed by atoms with Crippen LogP contribution in [-0.4, -0.2) is 11.7 Å². The van der Waals surface area contributed by atoms with Crippen LogP contribution in [0, 0.1) is 0 Å². The molecule has 3 nitrogen and oxygen atoms in total. The van der Waals surface area contributed by atoms with Crippen molar-refractivity contribution in [2.24, 2.45) is 0 Å². The van der Waals surface area contributed by atoms with Crippen LogP contribution in [0.1, 0.15) is 11.7 Å². The van der Waals surface area contributed by atoms with Crippen LogP contribution in [-0.2, 0) is 0 Å². The smallest absolute Gasteiger partial charge is 0.133 e. The third kappa shape index (κ3) is 3.62. The van der Waals surface area contributed by atoms with Gasteiger partial charge in [0.25, 0.3) is 0 Å². The molecule has 1 unspecified atom stereocenters. The molecule has 1 atom stereocenters. The highest BCUT2D eigenvalue weighted by atomic mass is 79.9. The molecule has 0 aliphatic rings. The van der Waals surface area contributed by atoms with E-state index in [1.54, 1.807) is 30.3 Å². The minimum Gasteiger partial charge on any atom is -0.489 e. The first-order chi connectivity index (χ1) is 9.08. The molecule has 0 aromatic heterocycles. The first-order valence-corrected chi connectivity index (χ1v) is 6.85. The SMILES string of the molecule is Nc1ccccc1C(O)COc1ccc(Cl)cc1Br. The Kier molecular flexibility index (Phi) is 4.69. The maximum absolute atomic E-state index is 10.1. The Hall–Kier alpha value is -1.23. The Bertz CT molecular complexity index is 577. The van der Waals surface area contributed by atoms with Crippen molar-refractivity contribution in [3.05, 3.63) is 57.5 Å². The average molecular weight is 343 g/mol. The summed E-state index contributed by atoms with van der Waals surface area (Å²) in [6.45, 7) is 0.119. The minimum atomic E-state index is -0.774. The van der Waals surface area contributed by atoms with Crippen molar-refractivity contribution in [1.29, 1.82) is 0 Å².